The number of methoxy groups -OCH3 is 2. The van der Waals surface area contributed by atoms with Crippen molar-refractivity contribution in [1.82, 2.24) is 20.0 Å². The molecule has 2 rings (SSSR count). The lowest BCUT2D eigenvalue weighted by atomic mass is 10.2. The zero-order chi connectivity index (χ0) is 19.6. The van der Waals surface area contributed by atoms with Gasteiger partial charge >= 0.3 is 0 Å². The normalized spacial score (nSPS) is 11.4. The fourth-order valence-electron chi connectivity index (χ4n) is 2.85. The molecule has 0 amide bonds. The first-order valence-corrected chi connectivity index (χ1v) is 9.25. The van der Waals surface area contributed by atoms with E-state index in [1.54, 1.807) is 14.2 Å². The van der Waals surface area contributed by atoms with E-state index in [4.69, 9.17) is 14.5 Å². The van der Waals surface area contributed by atoms with Gasteiger partial charge in [-0.25, -0.2) is 0 Å². The van der Waals surface area contributed by atoms with Crippen LogP contribution in [-0.4, -0.2) is 55.0 Å². The van der Waals surface area contributed by atoms with Crippen LogP contribution in [0.3, 0.4) is 0 Å². The van der Waals surface area contributed by atoms with Gasteiger partial charge in [-0.05, 0) is 37.5 Å². The van der Waals surface area contributed by atoms with Crippen molar-refractivity contribution in [2.45, 2.75) is 26.3 Å². The molecule has 0 bridgehead atoms. The maximum Gasteiger partial charge on any atom is 0.193 e. The molecule has 0 aliphatic heterocycles. The molecule has 148 valence electrons. The third-order valence-electron chi connectivity index (χ3n) is 4.24. The van der Waals surface area contributed by atoms with E-state index in [9.17, 15) is 0 Å². The quantitative estimate of drug-likeness (QED) is 0.416. The molecular formula is C20H31N5O2. The smallest absolute Gasteiger partial charge is 0.193 e. The van der Waals surface area contributed by atoms with Crippen LogP contribution in [0.5, 0.6) is 11.5 Å². The molecule has 0 saturated heterocycles. The van der Waals surface area contributed by atoms with E-state index >= 15 is 0 Å². The van der Waals surface area contributed by atoms with Gasteiger partial charge in [-0.2, -0.15) is 5.10 Å². The van der Waals surface area contributed by atoms with Crippen LogP contribution in [0.25, 0.3) is 0 Å². The molecule has 1 heterocycles. The Kier molecular flexibility index (Phi) is 7.98. The molecule has 0 radical (unpaired) electrons. The Morgan fingerprint density at radius 3 is 2.74 bits per heavy atom. The first-order chi connectivity index (χ1) is 13.1. The molecule has 0 saturated carbocycles. The summed E-state index contributed by atoms with van der Waals surface area (Å²) in [5, 5.41) is 7.56. The molecule has 7 heteroatoms. The number of aliphatic imine (C=N–C) groups is 1. The molecule has 1 N–H and O–H groups in total. The molecular weight excluding hydrogens is 342 g/mol. The Labute approximate surface area is 162 Å². The monoisotopic (exact) mass is 373 g/mol. The van der Waals surface area contributed by atoms with Crippen LogP contribution in [0.15, 0.2) is 35.6 Å². The van der Waals surface area contributed by atoms with E-state index in [1.807, 2.05) is 43.2 Å². The number of ether oxygens (including phenoxy) is 2. The first kappa shape index (κ1) is 20.6. The SMILES string of the molecule is CCNC(=NCCCc1cnn(C)c1)N(C)Cc1ccc(OC)cc1OC. The summed E-state index contributed by atoms with van der Waals surface area (Å²) in [6, 6.07) is 5.88. The number of nitrogens with zero attached hydrogens (tertiary/aromatic N) is 4. The minimum atomic E-state index is 0.696. The zero-order valence-electron chi connectivity index (χ0n) is 17.0. The van der Waals surface area contributed by atoms with Crippen LogP contribution in [0.4, 0.5) is 0 Å². The van der Waals surface area contributed by atoms with E-state index in [2.05, 4.69) is 28.4 Å². The van der Waals surface area contributed by atoms with Gasteiger partial charge in [0.15, 0.2) is 5.96 Å². The van der Waals surface area contributed by atoms with Crippen molar-refractivity contribution >= 4 is 5.96 Å². The molecule has 0 aliphatic rings. The van der Waals surface area contributed by atoms with Gasteiger partial charge < -0.3 is 19.7 Å². The van der Waals surface area contributed by atoms with Crippen LogP contribution in [0.1, 0.15) is 24.5 Å². The average Bonchev–Trinajstić information content (AvgIpc) is 3.09. The Hall–Kier alpha value is -2.70. The number of hydrogen-bond acceptors (Lipinski definition) is 4. The summed E-state index contributed by atoms with van der Waals surface area (Å²) in [6.07, 6.45) is 5.93. The molecule has 0 atom stereocenters. The minimum absolute atomic E-state index is 0.696. The fraction of sp³-hybridized carbons (Fsp3) is 0.500. The number of nitrogens with one attached hydrogen (secondary N) is 1. The van der Waals surface area contributed by atoms with E-state index in [-0.39, 0.29) is 0 Å². The number of guanidine groups is 1. The topological polar surface area (TPSA) is 63.9 Å². The molecule has 1 aromatic carbocycles. The molecule has 0 spiro atoms. The second kappa shape index (κ2) is 10.4. The average molecular weight is 374 g/mol. The Morgan fingerprint density at radius 1 is 1.30 bits per heavy atom. The van der Waals surface area contributed by atoms with Crippen molar-refractivity contribution in [2.24, 2.45) is 12.0 Å². The molecule has 0 fully saturated rings. The Balaban J connectivity index is 1.97. The third-order valence-corrected chi connectivity index (χ3v) is 4.24. The van der Waals surface area contributed by atoms with Crippen molar-refractivity contribution in [3.05, 3.63) is 41.7 Å². The van der Waals surface area contributed by atoms with Gasteiger partial charge in [0.1, 0.15) is 11.5 Å². The summed E-state index contributed by atoms with van der Waals surface area (Å²) < 4.78 is 12.6. The Bertz CT molecular complexity index is 742. The molecule has 0 aliphatic carbocycles. The van der Waals surface area contributed by atoms with Crippen molar-refractivity contribution in [2.75, 3.05) is 34.4 Å². The molecule has 1 aromatic heterocycles. The fourth-order valence-corrected chi connectivity index (χ4v) is 2.85. The van der Waals surface area contributed by atoms with Crippen molar-refractivity contribution in [1.29, 1.82) is 0 Å². The molecule has 2 aromatic rings. The van der Waals surface area contributed by atoms with E-state index < -0.39 is 0 Å². The highest BCUT2D eigenvalue weighted by Gasteiger charge is 2.11. The lowest BCUT2D eigenvalue weighted by molar-refractivity contribution is 0.382. The summed E-state index contributed by atoms with van der Waals surface area (Å²) >= 11 is 0. The molecule has 27 heavy (non-hydrogen) atoms. The van der Waals surface area contributed by atoms with Crippen LogP contribution in [-0.2, 0) is 20.0 Å². The summed E-state index contributed by atoms with van der Waals surface area (Å²) in [5.41, 5.74) is 2.33. The van der Waals surface area contributed by atoms with Crippen molar-refractivity contribution in [3.63, 3.8) is 0 Å². The second-order valence-electron chi connectivity index (χ2n) is 6.40. The standard InChI is InChI=1S/C20H31N5O2/c1-6-21-20(22-11-7-8-16-13-23-25(3)14-16)24(2)15-17-9-10-18(26-4)12-19(17)27-5/h9-10,12-14H,6-8,11,15H2,1-5H3,(H,21,22). The summed E-state index contributed by atoms with van der Waals surface area (Å²) in [6.45, 7) is 4.36. The van der Waals surface area contributed by atoms with Gasteiger partial charge in [-0.15, -0.1) is 0 Å². The van der Waals surface area contributed by atoms with Crippen LogP contribution >= 0.6 is 0 Å². The number of rotatable bonds is 9. The highest BCUT2D eigenvalue weighted by molar-refractivity contribution is 5.79. The van der Waals surface area contributed by atoms with Gasteiger partial charge in [0.25, 0.3) is 0 Å². The number of aryl methyl sites for hydroxylation is 2. The van der Waals surface area contributed by atoms with Crippen molar-refractivity contribution in [3.8, 4) is 11.5 Å². The van der Waals surface area contributed by atoms with E-state index in [0.29, 0.717) is 6.54 Å². The number of aromatic nitrogens is 2. The zero-order valence-corrected chi connectivity index (χ0v) is 17.0. The lowest BCUT2D eigenvalue weighted by Crippen LogP contribution is -2.38. The van der Waals surface area contributed by atoms with Crippen LogP contribution < -0.4 is 14.8 Å². The lowest BCUT2D eigenvalue weighted by Gasteiger charge is -2.23. The van der Waals surface area contributed by atoms with Gasteiger partial charge in [0, 0.05) is 51.6 Å². The third kappa shape index (κ3) is 6.20. The van der Waals surface area contributed by atoms with Gasteiger partial charge in [-0.1, -0.05) is 0 Å². The van der Waals surface area contributed by atoms with Gasteiger partial charge in [0.2, 0.25) is 0 Å². The summed E-state index contributed by atoms with van der Waals surface area (Å²) in [5.74, 6) is 2.49. The maximum atomic E-state index is 5.50. The first-order valence-electron chi connectivity index (χ1n) is 9.25. The highest BCUT2D eigenvalue weighted by atomic mass is 16.5. The highest BCUT2D eigenvalue weighted by Crippen LogP contribution is 2.25. The van der Waals surface area contributed by atoms with E-state index in [1.165, 1.54) is 5.56 Å². The second-order valence-corrected chi connectivity index (χ2v) is 6.40. The maximum absolute atomic E-state index is 5.50. The minimum Gasteiger partial charge on any atom is -0.497 e. The predicted molar refractivity (Wildman–Crippen MR) is 109 cm³/mol. The number of hydrogen-bond donors (Lipinski definition) is 1. The van der Waals surface area contributed by atoms with Crippen molar-refractivity contribution < 1.29 is 9.47 Å². The largest absolute Gasteiger partial charge is 0.497 e. The van der Waals surface area contributed by atoms with Gasteiger partial charge in [0.05, 0.1) is 20.4 Å². The van der Waals surface area contributed by atoms with Gasteiger partial charge in [-0.3, -0.25) is 9.67 Å². The van der Waals surface area contributed by atoms with Crippen LogP contribution in [0.2, 0.25) is 0 Å². The molecule has 7 nitrogen and oxygen atoms in total. The van der Waals surface area contributed by atoms with Crippen LogP contribution in [0, 0.1) is 0 Å². The number of benzene rings is 1. The van der Waals surface area contributed by atoms with E-state index in [0.717, 1.165) is 49.0 Å². The summed E-state index contributed by atoms with van der Waals surface area (Å²) in [7, 11) is 7.30. The Morgan fingerprint density at radius 2 is 2.11 bits per heavy atom. The summed E-state index contributed by atoms with van der Waals surface area (Å²) in [4.78, 5) is 6.87. The predicted octanol–water partition coefficient (Wildman–Crippen LogP) is 2.47. The molecule has 0 unspecified atom stereocenters.